The molecule has 1 fully saturated rings. The molecule has 1 atom stereocenters. The summed E-state index contributed by atoms with van der Waals surface area (Å²) in [6.07, 6.45) is 0.0210. The van der Waals surface area contributed by atoms with Crippen molar-refractivity contribution in [1.29, 1.82) is 0 Å². The number of carbonyl (C=O) groups is 2. The van der Waals surface area contributed by atoms with Gasteiger partial charge in [0.15, 0.2) is 0 Å². The van der Waals surface area contributed by atoms with Gasteiger partial charge in [-0.15, -0.1) is 0 Å². The van der Waals surface area contributed by atoms with Crippen LogP contribution in [-0.4, -0.2) is 30.6 Å². The van der Waals surface area contributed by atoms with Gasteiger partial charge in [0.1, 0.15) is 18.2 Å². The molecule has 0 unspecified atom stereocenters. The van der Waals surface area contributed by atoms with Crippen LogP contribution in [0.3, 0.4) is 0 Å². The molecule has 2 aromatic carbocycles. The Morgan fingerprint density at radius 2 is 1.96 bits per heavy atom. The molecule has 0 radical (unpaired) electrons. The SMILES string of the molecule is CN.O=C(O)[C@H]1CC(=O)N(c2ccc(OCc3cccc(F)c3)cc2)C1. The summed E-state index contributed by atoms with van der Waals surface area (Å²) in [5.41, 5.74) is 5.86. The predicted molar refractivity (Wildman–Crippen MR) is 95.4 cm³/mol. The van der Waals surface area contributed by atoms with Gasteiger partial charge in [-0.25, -0.2) is 4.39 Å². The van der Waals surface area contributed by atoms with Crippen LogP contribution in [0.5, 0.6) is 5.75 Å². The van der Waals surface area contributed by atoms with Crippen LogP contribution in [0, 0.1) is 11.7 Å². The van der Waals surface area contributed by atoms with Crippen LogP contribution < -0.4 is 15.4 Å². The first-order valence-corrected chi connectivity index (χ1v) is 8.11. The first-order chi connectivity index (χ1) is 12.5. The van der Waals surface area contributed by atoms with E-state index in [0.29, 0.717) is 11.4 Å². The average molecular weight is 360 g/mol. The van der Waals surface area contributed by atoms with Crippen molar-refractivity contribution in [2.75, 3.05) is 18.5 Å². The van der Waals surface area contributed by atoms with E-state index in [9.17, 15) is 14.0 Å². The fourth-order valence-electron chi connectivity index (χ4n) is 2.64. The van der Waals surface area contributed by atoms with Gasteiger partial charge in [-0.3, -0.25) is 9.59 Å². The quantitative estimate of drug-likeness (QED) is 0.854. The number of hydrogen-bond donors (Lipinski definition) is 2. The van der Waals surface area contributed by atoms with Gasteiger partial charge in [-0.05, 0) is 49.0 Å². The minimum atomic E-state index is -0.958. The number of nitrogens with zero attached hydrogens (tertiary/aromatic N) is 1. The summed E-state index contributed by atoms with van der Waals surface area (Å²) >= 11 is 0. The highest BCUT2D eigenvalue weighted by molar-refractivity contribution is 5.99. The molecule has 0 bridgehead atoms. The molecule has 2 aromatic rings. The number of halogens is 1. The Morgan fingerprint density at radius 3 is 2.54 bits per heavy atom. The molecule has 3 rings (SSSR count). The van der Waals surface area contributed by atoms with Gasteiger partial charge in [-0.2, -0.15) is 0 Å². The van der Waals surface area contributed by atoms with Gasteiger partial charge in [0.25, 0.3) is 0 Å². The van der Waals surface area contributed by atoms with Gasteiger partial charge in [-0.1, -0.05) is 12.1 Å². The van der Waals surface area contributed by atoms with Gasteiger partial charge in [0.2, 0.25) is 5.91 Å². The molecule has 1 amide bonds. The van der Waals surface area contributed by atoms with Crippen molar-refractivity contribution in [1.82, 2.24) is 0 Å². The number of ether oxygens (including phenoxy) is 1. The van der Waals surface area contributed by atoms with Crippen molar-refractivity contribution in [2.24, 2.45) is 11.7 Å². The average Bonchev–Trinajstić information content (AvgIpc) is 3.04. The van der Waals surface area contributed by atoms with Crippen molar-refractivity contribution in [3.63, 3.8) is 0 Å². The first-order valence-electron chi connectivity index (χ1n) is 8.11. The molecule has 1 heterocycles. The van der Waals surface area contributed by atoms with E-state index in [2.05, 4.69) is 5.73 Å². The number of amides is 1. The second kappa shape index (κ2) is 8.96. The fourth-order valence-corrected chi connectivity index (χ4v) is 2.64. The normalized spacial score (nSPS) is 16.0. The van der Waals surface area contributed by atoms with E-state index in [1.165, 1.54) is 24.1 Å². The largest absolute Gasteiger partial charge is 0.489 e. The summed E-state index contributed by atoms with van der Waals surface area (Å²) in [4.78, 5) is 24.4. The van der Waals surface area contributed by atoms with Crippen molar-refractivity contribution in [3.8, 4) is 5.75 Å². The highest BCUT2D eigenvalue weighted by atomic mass is 19.1. The zero-order valence-electron chi connectivity index (χ0n) is 14.4. The maximum Gasteiger partial charge on any atom is 0.308 e. The van der Waals surface area contributed by atoms with E-state index in [0.717, 1.165) is 5.56 Å². The van der Waals surface area contributed by atoms with Crippen LogP contribution >= 0.6 is 0 Å². The smallest absolute Gasteiger partial charge is 0.308 e. The number of carbonyl (C=O) groups excluding carboxylic acids is 1. The molecule has 1 aliphatic rings. The summed E-state index contributed by atoms with van der Waals surface area (Å²) in [7, 11) is 1.50. The Morgan fingerprint density at radius 1 is 1.27 bits per heavy atom. The van der Waals surface area contributed by atoms with Crippen molar-refractivity contribution < 1.29 is 23.8 Å². The van der Waals surface area contributed by atoms with E-state index >= 15 is 0 Å². The Bertz CT molecular complexity index is 764. The Kier molecular flexibility index (Phi) is 6.68. The molecule has 0 spiro atoms. The van der Waals surface area contributed by atoms with E-state index in [-0.39, 0.29) is 31.3 Å². The number of aliphatic carboxylic acids is 1. The van der Waals surface area contributed by atoms with Crippen molar-refractivity contribution >= 4 is 17.6 Å². The van der Waals surface area contributed by atoms with E-state index in [4.69, 9.17) is 9.84 Å². The minimum absolute atomic E-state index is 0.0210. The zero-order valence-corrected chi connectivity index (χ0v) is 14.4. The third kappa shape index (κ3) is 4.80. The molecule has 0 aromatic heterocycles. The lowest BCUT2D eigenvalue weighted by Crippen LogP contribution is -2.25. The topological polar surface area (TPSA) is 92.9 Å². The first kappa shape index (κ1) is 19.4. The van der Waals surface area contributed by atoms with Crippen LogP contribution in [0.15, 0.2) is 48.5 Å². The summed E-state index contributed by atoms with van der Waals surface area (Å²) in [6.45, 7) is 0.415. The third-order valence-corrected chi connectivity index (χ3v) is 3.92. The van der Waals surface area contributed by atoms with Crippen LogP contribution in [0.1, 0.15) is 12.0 Å². The standard InChI is InChI=1S/C18H16FNO4.CH5N/c19-14-3-1-2-12(8-14)11-24-16-6-4-15(5-7-16)20-10-13(18(22)23)9-17(20)21;1-2/h1-8,13H,9-11H2,(H,22,23);2H2,1H3/t13-;/m0./s1. The number of anilines is 1. The summed E-state index contributed by atoms with van der Waals surface area (Å²) in [5.74, 6) is -1.55. The van der Waals surface area contributed by atoms with Crippen LogP contribution in [0.2, 0.25) is 0 Å². The van der Waals surface area contributed by atoms with E-state index < -0.39 is 11.9 Å². The third-order valence-electron chi connectivity index (χ3n) is 3.92. The summed E-state index contributed by atoms with van der Waals surface area (Å²) < 4.78 is 18.7. The lowest BCUT2D eigenvalue weighted by molar-refractivity contribution is -0.141. The number of nitrogens with two attached hydrogens (primary N) is 1. The highest BCUT2D eigenvalue weighted by Crippen LogP contribution is 2.27. The monoisotopic (exact) mass is 360 g/mol. The summed E-state index contributed by atoms with van der Waals surface area (Å²) in [6, 6.07) is 13.0. The van der Waals surface area contributed by atoms with Gasteiger partial charge in [0.05, 0.1) is 5.92 Å². The molecule has 138 valence electrons. The lowest BCUT2D eigenvalue weighted by Gasteiger charge is -2.16. The lowest BCUT2D eigenvalue weighted by atomic mass is 10.1. The molecule has 1 aliphatic heterocycles. The molecule has 6 nitrogen and oxygen atoms in total. The molecule has 0 saturated carbocycles. The van der Waals surface area contributed by atoms with Crippen molar-refractivity contribution in [2.45, 2.75) is 13.0 Å². The molecule has 26 heavy (non-hydrogen) atoms. The fraction of sp³-hybridized carbons (Fsp3) is 0.263. The zero-order chi connectivity index (χ0) is 19.1. The van der Waals surface area contributed by atoms with Gasteiger partial charge in [0, 0.05) is 18.7 Å². The second-order valence-corrected chi connectivity index (χ2v) is 5.66. The molecular weight excluding hydrogens is 339 g/mol. The van der Waals surface area contributed by atoms with E-state index in [1.54, 1.807) is 36.4 Å². The Balaban J connectivity index is 0.00000117. The van der Waals surface area contributed by atoms with Crippen LogP contribution in [0.25, 0.3) is 0 Å². The highest BCUT2D eigenvalue weighted by Gasteiger charge is 2.34. The Labute approximate surface area is 151 Å². The predicted octanol–water partition coefficient (Wildman–Crippen LogP) is 2.42. The number of carboxylic acids is 1. The molecule has 3 N–H and O–H groups in total. The van der Waals surface area contributed by atoms with Crippen LogP contribution in [0.4, 0.5) is 10.1 Å². The van der Waals surface area contributed by atoms with Crippen molar-refractivity contribution in [3.05, 3.63) is 59.9 Å². The van der Waals surface area contributed by atoms with Gasteiger partial charge < -0.3 is 20.5 Å². The molecule has 7 heteroatoms. The number of benzene rings is 2. The Hall–Kier alpha value is -2.93. The number of rotatable bonds is 5. The van der Waals surface area contributed by atoms with Crippen LogP contribution in [-0.2, 0) is 16.2 Å². The maximum absolute atomic E-state index is 13.1. The molecule has 1 saturated heterocycles. The maximum atomic E-state index is 13.1. The number of carboxylic acid groups (broad SMARTS) is 1. The van der Waals surface area contributed by atoms with Gasteiger partial charge >= 0.3 is 5.97 Å². The van der Waals surface area contributed by atoms with E-state index in [1.807, 2.05) is 0 Å². The molecular formula is C19H21FN2O4. The summed E-state index contributed by atoms with van der Waals surface area (Å²) in [5, 5.41) is 9.01. The number of hydrogen-bond acceptors (Lipinski definition) is 4. The molecule has 0 aliphatic carbocycles. The minimum Gasteiger partial charge on any atom is -0.489 e. The second-order valence-electron chi connectivity index (χ2n) is 5.66.